The highest BCUT2D eigenvalue weighted by Gasteiger charge is 2.35. The van der Waals surface area contributed by atoms with Crippen molar-refractivity contribution in [2.24, 2.45) is 5.92 Å². The summed E-state index contributed by atoms with van der Waals surface area (Å²) < 4.78 is 28.8. The zero-order valence-corrected chi connectivity index (χ0v) is 20.3. The van der Waals surface area contributed by atoms with Crippen LogP contribution in [0.5, 0.6) is 0 Å². The molecular weight excluding hydrogens is 440 g/mol. The van der Waals surface area contributed by atoms with Crippen LogP contribution in [-0.2, 0) is 21.4 Å². The van der Waals surface area contributed by atoms with Gasteiger partial charge in [-0.3, -0.25) is 4.79 Å². The minimum atomic E-state index is -3.57. The summed E-state index contributed by atoms with van der Waals surface area (Å²) in [5, 5.41) is 0. The number of hydrogen-bond donors (Lipinski definition) is 0. The number of nitrogens with zero attached hydrogens (tertiary/aromatic N) is 2. The molecule has 8 heteroatoms. The van der Waals surface area contributed by atoms with E-state index in [4.69, 9.17) is 11.6 Å². The Morgan fingerprint density at radius 2 is 1.77 bits per heavy atom. The van der Waals surface area contributed by atoms with Crippen LogP contribution in [-0.4, -0.2) is 43.2 Å². The Kier molecular flexibility index (Phi) is 7.28. The summed E-state index contributed by atoms with van der Waals surface area (Å²) in [5.74, 6) is -0.0474. The number of carbonyl (C=O) groups excluding carboxylic acids is 1. The number of carbonyl (C=O) groups is 1. The van der Waals surface area contributed by atoms with Crippen LogP contribution >= 0.6 is 22.9 Å². The van der Waals surface area contributed by atoms with Gasteiger partial charge in [0.05, 0.1) is 15.8 Å². The summed E-state index contributed by atoms with van der Waals surface area (Å²) in [6.07, 6.45) is 1.09. The number of sulfonamides is 1. The normalized spacial score (nSPS) is 16.0. The van der Waals surface area contributed by atoms with Crippen molar-refractivity contribution in [3.63, 3.8) is 0 Å². The number of benzene rings is 1. The molecule has 1 aliphatic rings. The molecule has 1 aromatic heterocycles. The van der Waals surface area contributed by atoms with Crippen LogP contribution in [0.2, 0.25) is 4.34 Å². The standard InChI is InChI=1S/C22H29ClN2O3S2/c1-5-24(14-19-6-7-20(23)29-19)22(26)18-8-10-25(11-9-18)30(27,28)21-16(3)12-15(2)13-17(21)4/h6-7,12-13,18H,5,8-11,14H2,1-4H3. The number of thiophene rings is 1. The summed E-state index contributed by atoms with van der Waals surface area (Å²) >= 11 is 7.49. The number of hydrogen-bond acceptors (Lipinski definition) is 4. The van der Waals surface area contributed by atoms with Gasteiger partial charge in [-0.05, 0) is 63.8 Å². The van der Waals surface area contributed by atoms with Crippen molar-refractivity contribution >= 4 is 38.9 Å². The van der Waals surface area contributed by atoms with Gasteiger partial charge in [0.15, 0.2) is 0 Å². The van der Waals surface area contributed by atoms with E-state index >= 15 is 0 Å². The molecular formula is C22H29ClN2O3S2. The second-order valence-electron chi connectivity index (χ2n) is 7.96. The highest BCUT2D eigenvalue weighted by molar-refractivity contribution is 7.89. The lowest BCUT2D eigenvalue weighted by atomic mass is 9.96. The van der Waals surface area contributed by atoms with Gasteiger partial charge < -0.3 is 4.90 Å². The molecule has 0 N–H and O–H groups in total. The maximum absolute atomic E-state index is 13.3. The van der Waals surface area contributed by atoms with Crippen LogP contribution in [0.4, 0.5) is 0 Å². The maximum Gasteiger partial charge on any atom is 0.243 e. The van der Waals surface area contributed by atoms with Crippen molar-refractivity contribution in [2.75, 3.05) is 19.6 Å². The van der Waals surface area contributed by atoms with E-state index in [-0.39, 0.29) is 11.8 Å². The minimum Gasteiger partial charge on any atom is -0.338 e. The quantitative estimate of drug-likeness (QED) is 0.613. The molecule has 0 aliphatic carbocycles. The molecule has 0 unspecified atom stereocenters. The highest BCUT2D eigenvalue weighted by atomic mass is 35.5. The Hall–Kier alpha value is -1.41. The fourth-order valence-corrected chi connectivity index (χ4v) is 7.26. The molecule has 0 spiro atoms. The number of aryl methyl sites for hydroxylation is 3. The fourth-order valence-electron chi connectivity index (χ4n) is 4.27. The first kappa shape index (κ1) is 23.3. The van der Waals surface area contributed by atoms with Crippen LogP contribution < -0.4 is 0 Å². The number of halogens is 1. The van der Waals surface area contributed by atoms with Gasteiger partial charge in [-0.2, -0.15) is 4.31 Å². The van der Waals surface area contributed by atoms with Crippen molar-refractivity contribution in [3.8, 4) is 0 Å². The Bertz CT molecular complexity index is 1000. The molecule has 3 rings (SSSR count). The van der Waals surface area contributed by atoms with Gasteiger partial charge in [0.25, 0.3) is 0 Å². The minimum absolute atomic E-state index is 0.0989. The average Bonchev–Trinajstić information content (AvgIpc) is 3.09. The van der Waals surface area contributed by atoms with Gasteiger partial charge in [-0.25, -0.2) is 8.42 Å². The lowest BCUT2D eigenvalue weighted by Crippen LogP contribution is -2.44. The Morgan fingerprint density at radius 1 is 1.17 bits per heavy atom. The van der Waals surface area contributed by atoms with E-state index < -0.39 is 10.0 Å². The highest BCUT2D eigenvalue weighted by Crippen LogP contribution is 2.30. The second-order valence-corrected chi connectivity index (χ2v) is 11.6. The van der Waals surface area contributed by atoms with E-state index in [1.807, 2.05) is 56.9 Å². The summed E-state index contributed by atoms with van der Waals surface area (Å²) in [5.41, 5.74) is 2.61. The van der Waals surface area contributed by atoms with Crippen LogP contribution in [0.25, 0.3) is 0 Å². The lowest BCUT2D eigenvalue weighted by molar-refractivity contribution is -0.137. The van der Waals surface area contributed by atoms with Gasteiger partial charge >= 0.3 is 0 Å². The molecule has 164 valence electrons. The first-order valence-corrected chi connectivity index (χ1v) is 12.9. The predicted molar refractivity (Wildman–Crippen MR) is 123 cm³/mol. The van der Waals surface area contributed by atoms with Gasteiger partial charge in [0.2, 0.25) is 15.9 Å². The summed E-state index contributed by atoms with van der Waals surface area (Å²) in [6, 6.07) is 7.61. The molecule has 0 bridgehead atoms. The van der Waals surface area contributed by atoms with E-state index in [1.165, 1.54) is 15.6 Å². The second kappa shape index (κ2) is 9.39. The fraction of sp³-hybridized carbons (Fsp3) is 0.500. The SMILES string of the molecule is CCN(Cc1ccc(Cl)s1)C(=O)C1CCN(S(=O)(=O)c2c(C)cc(C)cc2C)CC1. The van der Waals surface area contributed by atoms with Gasteiger partial charge in [0.1, 0.15) is 0 Å². The summed E-state index contributed by atoms with van der Waals surface area (Å²) in [6.45, 7) is 9.54. The number of piperidine rings is 1. The molecule has 0 radical (unpaired) electrons. The van der Waals surface area contributed by atoms with Gasteiger partial charge in [-0.1, -0.05) is 29.3 Å². The molecule has 1 saturated heterocycles. The molecule has 0 atom stereocenters. The van der Waals surface area contributed by atoms with E-state index in [9.17, 15) is 13.2 Å². The third kappa shape index (κ3) is 4.90. The third-order valence-electron chi connectivity index (χ3n) is 5.67. The molecule has 2 aromatic rings. The van der Waals surface area contributed by atoms with Gasteiger partial charge in [-0.15, -0.1) is 11.3 Å². The van der Waals surface area contributed by atoms with E-state index in [1.54, 1.807) is 0 Å². The molecule has 1 aromatic carbocycles. The number of amides is 1. The molecule has 1 amide bonds. The largest absolute Gasteiger partial charge is 0.338 e. The molecule has 1 fully saturated rings. The molecule has 0 saturated carbocycles. The summed E-state index contributed by atoms with van der Waals surface area (Å²) in [4.78, 5) is 16.3. The first-order chi connectivity index (χ1) is 14.1. The van der Waals surface area contributed by atoms with Crippen molar-refractivity contribution in [3.05, 3.63) is 50.2 Å². The van der Waals surface area contributed by atoms with E-state index in [0.29, 0.717) is 48.3 Å². The Morgan fingerprint density at radius 3 is 2.27 bits per heavy atom. The van der Waals surface area contributed by atoms with Crippen molar-refractivity contribution in [1.82, 2.24) is 9.21 Å². The monoisotopic (exact) mass is 468 g/mol. The Labute approximate surface area is 188 Å². The average molecular weight is 469 g/mol. The van der Waals surface area contributed by atoms with Crippen LogP contribution in [0, 0.1) is 26.7 Å². The molecule has 5 nitrogen and oxygen atoms in total. The van der Waals surface area contributed by atoms with Crippen molar-refractivity contribution in [2.45, 2.75) is 52.0 Å². The molecule has 1 aliphatic heterocycles. The van der Waals surface area contributed by atoms with Crippen LogP contribution in [0.15, 0.2) is 29.2 Å². The first-order valence-electron chi connectivity index (χ1n) is 10.2. The molecule has 2 heterocycles. The maximum atomic E-state index is 13.3. The van der Waals surface area contributed by atoms with Gasteiger partial charge in [0, 0.05) is 30.4 Å². The zero-order chi connectivity index (χ0) is 22.1. The molecule has 30 heavy (non-hydrogen) atoms. The van der Waals surface area contributed by atoms with E-state index in [2.05, 4.69) is 0 Å². The van der Waals surface area contributed by atoms with Crippen LogP contribution in [0.3, 0.4) is 0 Å². The van der Waals surface area contributed by atoms with Crippen LogP contribution in [0.1, 0.15) is 41.3 Å². The third-order valence-corrected chi connectivity index (χ3v) is 9.10. The smallest absolute Gasteiger partial charge is 0.243 e. The van der Waals surface area contributed by atoms with E-state index in [0.717, 1.165) is 21.6 Å². The topological polar surface area (TPSA) is 57.7 Å². The Balaban J connectivity index is 1.68. The van der Waals surface area contributed by atoms with Crippen molar-refractivity contribution in [1.29, 1.82) is 0 Å². The summed E-state index contributed by atoms with van der Waals surface area (Å²) in [7, 11) is -3.57. The van der Waals surface area contributed by atoms with Crippen molar-refractivity contribution < 1.29 is 13.2 Å². The predicted octanol–water partition coefficient (Wildman–Crippen LogP) is 4.78. The zero-order valence-electron chi connectivity index (χ0n) is 17.9. The number of rotatable bonds is 6. The lowest BCUT2D eigenvalue weighted by Gasteiger charge is -2.33.